The van der Waals surface area contributed by atoms with Gasteiger partial charge in [-0.3, -0.25) is 9.59 Å². The molecular formula is C18H23ClN4O2S. The zero-order chi connectivity index (χ0) is 18.9. The first kappa shape index (κ1) is 20.3. The summed E-state index contributed by atoms with van der Waals surface area (Å²) < 4.78 is 0. The molecule has 0 saturated carbocycles. The summed E-state index contributed by atoms with van der Waals surface area (Å²) in [5.41, 5.74) is 0.817. The molecule has 1 unspecified atom stereocenters. The molecule has 1 aromatic carbocycles. The molecule has 1 aromatic heterocycles. The maximum atomic E-state index is 12.4. The van der Waals surface area contributed by atoms with Crippen LogP contribution in [0.3, 0.4) is 0 Å². The molecule has 0 saturated heterocycles. The molecule has 1 heterocycles. The maximum Gasteiger partial charge on any atom is 0.228 e. The molecule has 2 rings (SSSR count). The van der Waals surface area contributed by atoms with Crippen molar-refractivity contribution in [2.75, 3.05) is 5.32 Å². The summed E-state index contributed by atoms with van der Waals surface area (Å²) in [5, 5.41) is 15.7. The van der Waals surface area contributed by atoms with Crippen LogP contribution in [0.15, 0.2) is 24.3 Å². The lowest BCUT2D eigenvalue weighted by atomic mass is 10.0. The lowest BCUT2D eigenvalue weighted by molar-refractivity contribution is -0.120. The highest BCUT2D eigenvalue weighted by molar-refractivity contribution is 7.15. The summed E-state index contributed by atoms with van der Waals surface area (Å²) in [5.74, 6) is -0.429. The van der Waals surface area contributed by atoms with Gasteiger partial charge in [0.2, 0.25) is 16.9 Å². The van der Waals surface area contributed by atoms with Crippen molar-refractivity contribution in [3.05, 3.63) is 39.9 Å². The Labute approximate surface area is 162 Å². The van der Waals surface area contributed by atoms with Gasteiger partial charge < -0.3 is 10.6 Å². The van der Waals surface area contributed by atoms with E-state index in [-0.39, 0.29) is 18.2 Å². The quantitative estimate of drug-likeness (QED) is 0.626. The highest BCUT2D eigenvalue weighted by Crippen LogP contribution is 2.22. The Bertz CT molecular complexity index is 733. The molecule has 1 atom stereocenters. The van der Waals surface area contributed by atoms with E-state index >= 15 is 0 Å². The Morgan fingerprint density at radius 3 is 2.58 bits per heavy atom. The number of nitrogens with zero attached hydrogens (tertiary/aromatic N) is 2. The van der Waals surface area contributed by atoms with E-state index in [1.165, 1.54) is 18.3 Å². The van der Waals surface area contributed by atoms with E-state index in [2.05, 4.69) is 27.8 Å². The van der Waals surface area contributed by atoms with Crippen molar-refractivity contribution >= 4 is 39.9 Å². The van der Waals surface area contributed by atoms with Crippen LogP contribution in [0, 0.1) is 0 Å². The molecule has 0 fully saturated rings. The largest absolute Gasteiger partial charge is 0.349 e. The Morgan fingerprint density at radius 1 is 1.19 bits per heavy atom. The van der Waals surface area contributed by atoms with Crippen LogP contribution in [-0.4, -0.2) is 22.0 Å². The number of benzene rings is 1. The van der Waals surface area contributed by atoms with E-state index < -0.39 is 6.04 Å². The summed E-state index contributed by atoms with van der Waals surface area (Å²) in [4.78, 5) is 23.8. The summed E-state index contributed by atoms with van der Waals surface area (Å²) in [6, 6.07) is 6.63. The van der Waals surface area contributed by atoms with Gasteiger partial charge in [-0.1, -0.05) is 54.8 Å². The summed E-state index contributed by atoms with van der Waals surface area (Å²) in [7, 11) is 0. The standard InChI is InChI=1S/C18H23ClN4O2S/c1-3-4-5-6-17-22-23-18(26-17)21-16(25)11-15(20-12(2)24)13-7-9-14(19)10-8-13/h7-10,15H,3-6,11H2,1-2H3,(H,20,24)(H,21,23,25). The second-order valence-corrected chi connectivity index (χ2v) is 7.51. The zero-order valence-corrected chi connectivity index (χ0v) is 16.5. The molecule has 0 spiro atoms. The average molecular weight is 395 g/mol. The number of unbranched alkanes of at least 4 members (excludes halogenated alkanes) is 2. The van der Waals surface area contributed by atoms with E-state index in [9.17, 15) is 9.59 Å². The van der Waals surface area contributed by atoms with Gasteiger partial charge in [0.05, 0.1) is 12.5 Å². The minimum Gasteiger partial charge on any atom is -0.349 e. The smallest absolute Gasteiger partial charge is 0.228 e. The molecule has 0 aliphatic carbocycles. The van der Waals surface area contributed by atoms with Crippen LogP contribution in [0.1, 0.15) is 56.1 Å². The number of aryl methyl sites for hydroxylation is 1. The normalized spacial score (nSPS) is 11.8. The van der Waals surface area contributed by atoms with Crippen molar-refractivity contribution in [2.24, 2.45) is 0 Å². The van der Waals surface area contributed by atoms with Gasteiger partial charge in [0.15, 0.2) is 0 Å². The number of anilines is 1. The molecule has 0 aliphatic rings. The van der Waals surface area contributed by atoms with Crippen LogP contribution in [-0.2, 0) is 16.0 Å². The van der Waals surface area contributed by atoms with Crippen LogP contribution in [0.4, 0.5) is 5.13 Å². The molecule has 6 nitrogen and oxygen atoms in total. The van der Waals surface area contributed by atoms with E-state index in [4.69, 9.17) is 11.6 Å². The van der Waals surface area contributed by atoms with E-state index in [0.29, 0.717) is 10.2 Å². The molecule has 2 aromatic rings. The molecule has 2 N–H and O–H groups in total. The van der Waals surface area contributed by atoms with Gasteiger partial charge in [-0.05, 0) is 24.1 Å². The van der Waals surface area contributed by atoms with Crippen LogP contribution in [0.25, 0.3) is 0 Å². The Hall–Kier alpha value is -1.99. The minimum absolute atomic E-state index is 0.103. The van der Waals surface area contributed by atoms with Crippen LogP contribution < -0.4 is 10.6 Å². The fourth-order valence-electron chi connectivity index (χ4n) is 2.48. The second-order valence-electron chi connectivity index (χ2n) is 6.02. The molecule has 0 bridgehead atoms. The van der Waals surface area contributed by atoms with Gasteiger partial charge in [-0.2, -0.15) is 0 Å². The van der Waals surface area contributed by atoms with Gasteiger partial charge >= 0.3 is 0 Å². The number of hydrogen-bond donors (Lipinski definition) is 2. The molecule has 8 heteroatoms. The summed E-state index contributed by atoms with van der Waals surface area (Å²) >= 11 is 7.29. The first-order valence-corrected chi connectivity index (χ1v) is 9.82. The predicted octanol–water partition coefficient (Wildman–Crippen LogP) is 4.13. The van der Waals surface area contributed by atoms with Crippen molar-refractivity contribution in [3.63, 3.8) is 0 Å². The highest BCUT2D eigenvalue weighted by atomic mass is 35.5. The van der Waals surface area contributed by atoms with Gasteiger partial charge in [-0.25, -0.2) is 0 Å². The third-order valence-corrected chi connectivity index (χ3v) is 4.90. The summed E-state index contributed by atoms with van der Waals surface area (Å²) in [6.45, 7) is 3.58. The molecule has 0 radical (unpaired) electrons. The first-order valence-electron chi connectivity index (χ1n) is 8.62. The SMILES string of the molecule is CCCCCc1nnc(NC(=O)CC(NC(C)=O)c2ccc(Cl)cc2)s1. The molecule has 2 amide bonds. The Kier molecular flexibility index (Phi) is 8.00. The third kappa shape index (κ3) is 6.72. The number of nitrogens with one attached hydrogen (secondary N) is 2. The number of carbonyl (C=O) groups excluding carboxylic acids is 2. The lowest BCUT2D eigenvalue weighted by Crippen LogP contribution is -2.29. The van der Waals surface area contributed by atoms with Crippen molar-refractivity contribution in [2.45, 2.75) is 52.0 Å². The number of carbonyl (C=O) groups is 2. The number of halogens is 1. The highest BCUT2D eigenvalue weighted by Gasteiger charge is 2.18. The molecule has 140 valence electrons. The van der Waals surface area contributed by atoms with Gasteiger partial charge in [-0.15, -0.1) is 10.2 Å². The van der Waals surface area contributed by atoms with Gasteiger partial charge in [0.1, 0.15) is 5.01 Å². The lowest BCUT2D eigenvalue weighted by Gasteiger charge is -2.17. The van der Waals surface area contributed by atoms with Crippen molar-refractivity contribution < 1.29 is 9.59 Å². The first-order chi connectivity index (χ1) is 12.5. The zero-order valence-electron chi connectivity index (χ0n) is 14.9. The maximum absolute atomic E-state index is 12.4. The van der Waals surface area contributed by atoms with Crippen LogP contribution in [0.5, 0.6) is 0 Å². The van der Waals surface area contributed by atoms with Crippen molar-refractivity contribution in [3.8, 4) is 0 Å². The van der Waals surface area contributed by atoms with Crippen molar-refractivity contribution in [1.82, 2.24) is 15.5 Å². The van der Waals surface area contributed by atoms with Crippen molar-refractivity contribution in [1.29, 1.82) is 0 Å². The number of hydrogen-bond acceptors (Lipinski definition) is 5. The van der Waals surface area contributed by atoms with Crippen LogP contribution in [0.2, 0.25) is 5.02 Å². The van der Waals surface area contributed by atoms with E-state index in [0.717, 1.165) is 36.3 Å². The number of aromatic nitrogens is 2. The molecule has 0 aliphatic heterocycles. The summed E-state index contributed by atoms with van der Waals surface area (Å²) in [6.07, 6.45) is 4.35. The number of rotatable bonds is 9. The molecule has 26 heavy (non-hydrogen) atoms. The van der Waals surface area contributed by atoms with Gasteiger partial charge in [0, 0.05) is 18.4 Å². The fourth-order valence-corrected chi connectivity index (χ4v) is 3.40. The monoisotopic (exact) mass is 394 g/mol. The van der Waals surface area contributed by atoms with Crippen LogP contribution >= 0.6 is 22.9 Å². The number of amides is 2. The Morgan fingerprint density at radius 2 is 1.92 bits per heavy atom. The average Bonchev–Trinajstić information content (AvgIpc) is 3.02. The third-order valence-electron chi connectivity index (χ3n) is 3.75. The predicted molar refractivity (Wildman–Crippen MR) is 104 cm³/mol. The minimum atomic E-state index is -0.429. The van der Waals surface area contributed by atoms with E-state index in [1.807, 2.05) is 0 Å². The molecular weight excluding hydrogens is 372 g/mol. The fraction of sp³-hybridized carbons (Fsp3) is 0.444. The van der Waals surface area contributed by atoms with Gasteiger partial charge in [0.25, 0.3) is 0 Å². The topological polar surface area (TPSA) is 84.0 Å². The second kappa shape index (κ2) is 10.2. The van der Waals surface area contributed by atoms with E-state index in [1.54, 1.807) is 24.3 Å². The Balaban J connectivity index is 1.96.